The first kappa shape index (κ1) is 18.2. The van der Waals surface area contributed by atoms with Crippen molar-refractivity contribution in [3.8, 4) is 0 Å². The fraction of sp³-hybridized carbons (Fsp3) is 0.571. The van der Waals surface area contributed by atoms with Crippen LogP contribution in [0.3, 0.4) is 0 Å². The molecule has 2 fully saturated rings. The predicted molar refractivity (Wildman–Crippen MR) is 105 cm³/mol. The second kappa shape index (κ2) is 7.80. The van der Waals surface area contributed by atoms with Gasteiger partial charge in [0.2, 0.25) is 0 Å². The minimum atomic E-state index is 0.0146. The van der Waals surface area contributed by atoms with Crippen LogP contribution in [0.15, 0.2) is 24.4 Å². The summed E-state index contributed by atoms with van der Waals surface area (Å²) in [6.07, 6.45) is 7.14. The number of hydrogen-bond acceptors (Lipinski definition) is 4. The Balaban J connectivity index is 1.57. The van der Waals surface area contributed by atoms with Gasteiger partial charge in [0, 0.05) is 6.54 Å². The van der Waals surface area contributed by atoms with E-state index in [9.17, 15) is 4.79 Å². The van der Waals surface area contributed by atoms with Crippen molar-refractivity contribution in [1.29, 1.82) is 0 Å². The van der Waals surface area contributed by atoms with Crippen LogP contribution in [0.5, 0.6) is 0 Å². The molecular weight excluding hydrogens is 338 g/mol. The molecule has 2 aliphatic heterocycles. The molecule has 1 atom stereocenters. The monoisotopic (exact) mass is 367 g/mol. The molecule has 0 bridgehead atoms. The molecule has 0 radical (unpaired) electrons. The van der Waals surface area contributed by atoms with E-state index in [4.69, 9.17) is 0 Å². The van der Waals surface area contributed by atoms with Gasteiger partial charge in [0.25, 0.3) is 5.91 Å². The van der Waals surface area contributed by atoms with Crippen molar-refractivity contribution in [1.82, 2.24) is 25.2 Å². The van der Waals surface area contributed by atoms with E-state index in [1.807, 2.05) is 15.8 Å². The zero-order valence-electron chi connectivity index (χ0n) is 16.3. The van der Waals surface area contributed by atoms with Gasteiger partial charge in [-0.15, -0.1) is 5.10 Å². The van der Waals surface area contributed by atoms with Gasteiger partial charge in [0.1, 0.15) is 0 Å². The van der Waals surface area contributed by atoms with Crippen LogP contribution in [0.1, 0.15) is 71.4 Å². The molecule has 1 aromatic heterocycles. The number of amides is 1. The molecule has 0 saturated carbocycles. The zero-order chi connectivity index (χ0) is 18.8. The topological polar surface area (TPSA) is 63.1 Å². The second-order valence-corrected chi connectivity index (χ2v) is 7.86. The molecule has 4 rings (SSSR count). The highest BCUT2D eigenvalue weighted by molar-refractivity contribution is 5.92. The molecule has 1 N–H and O–H groups in total. The van der Waals surface area contributed by atoms with Crippen LogP contribution in [-0.2, 0) is 0 Å². The van der Waals surface area contributed by atoms with E-state index < -0.39 is 0 Å². The lowest BCUT2D eigenvalue weighted by molar-refractivity contribution is 0.0604. The van der Waals surface area contributed by atoms with Gasteiger partial charge < -0.3 is 10.2 Å². The normalized spacial score (nSPS) is 21.4. The maximum Gasteiger partial charge on any atom is 0.276 e. The molecule has 2 aromatic rings. The molecule has 2 aliphatic rings. The number of benzene rings is 1. The maximum absolute atomic E-state index is 13.3. The quantitative estimate of drug-likeness (QED) is 0.905. The van der Waals surface area contributed by atoms with Gasteiger partial charge in [0.15, 0.2) is 5.69 Å². The predicted octanol–water partition coefficient (Wildman–Crippen LogP) is 3.19. The van der Waals surface area contributed by atoms with Crippen molar-refractivity contribution in [2.45, 2.75) is 58.0 Å². The van der Waals surface area contributed by atoms with Gasteiger partial charge in [-0.1, -0.05) is 23.4 Å². The Morgan fingerprint density at radius 2 is 1.96 bits per heavy atom. The molecule has 1 unspecified atom stereocenters. The third-order valence-corrected chi connectivity index (χ3v) is 6.18. The van der Waals surface area contributed by atoms with Crippen LogP contribution in [0, 0.1) is 13.8 Å². The zero-order valence-corrected chi connectivity index (χ0v) is 16.3. The molecule has 144 valence electrons. The summed E-state index contributed by atoms with van der Waals surface area (Å²) in [5.41, 5.74) is 4.32. The highest BCUT2D eigenvalue weighted by Crippen LogP contribution is 2.34. The molecule has 6 nitrogen and oxygen atoms in total. The van der Waals surface area contributed by atoms with E-state index in [0.717, 1.165) is 51.7 Å². The molecule has 2 saturated heterocycles. The Morgan fingerprint density at radius 1 is 1.15 bits per heavy atom. The Bertz CT molecular complexity index is 809. The van der Waals surface area contributed by atoms with Crippen molar-refractivity contribution < 1.29 is 4.79 Å². The SMILES string of the molecule is Cc1cccc(C2CCCCN2C(=O)c2cn(C3CCNCC3)nn2)c1C. The van der Waals surface area contributed by atoms with E-state index in [1.54, 1.807) is 0 Å². The summed E-state index contributed by atoms with van der Waals surface area (Å²) in [5, 5.41) is 11.9. The fourth-order valence-electron chi connectivity index (χ4n) is 4.40. The molecule has 27 heavy (non-hydrogen) atoms. The highest BCUT2D eigenvalue weighted by Gasteiger charge is 2.31. The maximum atomic E-state index is 13.3. The standard InChI is InChI=1S/C21H29N5O/c1-15-6-5-7-18(16(15)2)20-8-3-4-13-25(20)21(27)19-14-26(24-23-19)17-9-11-22-12-10-17/h5-7,14,17,20,22H,3-4,8-13H2,1-2H3. The van der Waals surface area contributed by atoms with Gasteiger partial charge in [-0.3, -0.25) is 4.79 Å². The van der Waals surface area contributed by atoms with Crippen LogP contribution in [-0.4, -0.2) is 45.4 Å². The smallest absolute Gasteiger partial charge is 0.276 e. The van der Waals surface area contributed by atoms with Crippen LogP contribution in [0.2, 0.25) is 0 Å². The number of hydrogen-bond donors (Lipinski definition) is 1. The number of likely N-dealkylation sites (tertiary alicyclic amines) is 1. The number of carbonyl (C=O) groups is 1. The third kappa shape index (κ3) is 3.63. The number of carbonyl (C=O) groups excluding carboxylic acids is 1. The molecule has 0 spiro atoms. The van der Waals surface area contributed by atoms with Crippen molar-refractivity contribution in [3.05, 3.63) is 46.8 Å². The summed E-state index contributed by atoms with van der Waals surface area (Å²) in [6.45, 7) is 7.08. The Morgan fingerprint density at radius 3 is 2.78 bits per heavy atom. The number of aromatic nitrogens is 3. The molecule has 3 heterocycles. The van der Waals surface area contributed by atoms with E-state index in [0.29, 0.717) is 11.7 Å². The van der Waals surface area contributed by atoms with Crippen LogP contribution >= 0.6 is 0 Å². The van der Waals surface area contributed by atoms with Crippen molar-refractivity contribution in [2.75, 3.05) is 19.6 Å². The lowest BCUT2D eigenvalue weighted by Crippen LogP contribution is -2.39. The van der Waals surface area contributed by atoms with Gasteiger partial charge in [-0.05, 0) is 75.7 Å². The van der Waals surface area contributed by atoms with Crippen LogP contribution < -0.4 is 5.32 Å². The summed E-state index contributed by atoms with van der Waals surface area (Å²) in [4.78, 5) is 15.3. The summed E-state index contributed by atoms with van der Waals surface area (Å²) >= 11 is 0. The summed E-state index contributed by atoms with van der Waals surface area (Å²) in [6, 6.07) is 6.89. The van der Waals surface area contributed by atoms with E-state index in [-0.39, 0.29) is 11.9 Å². The van der Waals surface area contributed by atoms with Crippen molar-refractivity contribution >= 4 is 5.91 Å². The van der Waals surface area contributed by atoms with Gasteiger partial charge >= 0.3 is 0 Å². The molecule has 1 aromatic carbocycles. The van der Waals surface area contributed by atoms with Crippen molar-refractivity contribution in [2.24, 2.45) is 0 Å². The van der Waals surface area contributed by atoms with E-state index in [2.05, 4.69) is 47.7 Å². The first-order valence-corrected chi connectivity index (χ1v) is 10.1. The number of nitrogens with zero attached hydrogens (tertiary/aromatic N) is 4. The Hall–Kier alpha value is -2.21. The molecular formula is C21H29N5O. The average Bonchev–Trinajstić information content (AvgIpc) is 3.20. The third-order valence-electron chi connectivity index (χ3n) is 6.18. The first-order valence-electron chi connectivity index (χ1n) is 10.1. The van der Waals surface area contributed by atoms with Crippen molar-refractivity contribution in [3.63, 3.8) is 0 Å². The van der Waals surface area contributed by atoms with E-state index in [1.165, 1.54) is 16.7 Å². The second-order valence-electron chi connectivity index (χ2n) is 7.86. The largest absolute Gasteiger partial charge is 0.330 e. The van der Waals surface area contributed by atoms with Gasteiger partial charge in [-0.25, -0.2) is 4.68 Å². The summed E-state index contributed by atoms with van der Waals surface area (Å²) in [7, 11) is 0. The first-order chi connectivity index (χ1) is 13.1. The minimum Gasteiger partial charge on any atom is -0.330 e. The lowest BCUT2D eigenvalue weighted by atomic mass is 9.90. The summed E-state index contributed by atoms with van der Waals surface area (Å²) in [5.74, 6) is 0.0146. The average molecular weight is 367 g/mol. The number of aryl methyl sites for hydroxylation is 1. The summed E-state index contributed by atoms with van der Waals surface area (Å²) < 4.78 is 1.89. The van der Waals surface area contributed by atoms with Crippen LogP contribution in [0.25, 0.3) is 0 Å². The molecule has 6 heteroatoms. The highest BCUT2D eigenvalue weighted by atomic mass is 16.2. The van der Waals surface area contributed by atoms with Gasteiger partial charge in [0.05, 0.1) is 18.3 Å². The number of piperidine rings is 2. The number of rotatable bonds is 3. The Kier molecular flexibility index (Phi) is 5.25. The lowest BCUT2D eigenvalue weighted by Gasteiger charge is -2.36. The van der Waals surface area contributed by atoms with Gasteiger partial charge in [-0.2, -0.15) is 0 Å². The number of nitrogens with one attached hydrogen (secondary N) is 1. The fourth-order valence-corrected chi connectivity index (χ4v) is 4.40. The molecule has 0 aliphatic carbocycles. The Labute approximate surface area is 160 Å². The molecule has 1 amide bonds. The van der Waals surface area contributed by atoms with E-state index >= 15 is 0 Å². The van der Waals surface area contributed by atoms with Crippen LogP contribution in [0.4, 0.5) is 0 Å². The minimum absolute atomic E-state index is 0.0146.